The second-order valence-corrected chi connectivity index (χ2v) is 6.98. The van der Waals surface area contributed by atoms with Gasteiger partial charge in [-0.1, -0.05) is 0 Å². The van der Waals surface area contributed by atoms with Gasteiger partial charge in [0.15, 0.2) is 0 Å². The van der Waals surface area contributed by atoms with E-state index >= 15 is 0 Å². The van der Waals surface area contributed by atoms with Crippen LogP contribution in [-0.2, 0) is 4.74 Å². The molecule has 1 heterocycles. The molecule has 0 spiro atoms. The molecule has 0 aliphatic carbocycles. The third-order valence-corrected chi connectivity index (χ3v) is 5.02. The number of nitrogens with zero attached hydrogens (tertiary/aromatic N) is 1. The number of hydrogen-bond donors (Lipinski definition) is 1. The molecule has 0 saturated carbocycles. The largest absolute Gasteiger partial charge is 0.491 e. The molecule has 0 unspecified atom stereocenters. The minimum Gasteiger partial charge on any atom is -0.491 e. The molecular weight excluding hydrogens is 368 g/mol. The van der Waals surface area contributed by atoms with Crippen molar-refractivity contribution in [3.8, 4) is 5.75 Å². The Morgan fingerprint density at radius 2 is 1.69 bits per heavy atom. The molecule has 1 N–H and O–H groups in total. The molecule has 6 nitrogen and oxygen atoms in total. The van der Waals surface area contributed by atoms with Gasteiger partial charge in [-0.15, -0.1) is 0 Å². The first kappa shape index (κ1) is 20.9. The summed E-state index contributed by atoms with van der Waals surface area (Å²) < 4.78 is 11.3. The van der Waals surface area contributed by atoms with Gasteiger partial charge in [0.1, 0.15) is 12.4 Å². The Bertz CT molecular complexity index is 808. The molecule has 6 heteroatoms. The predicted octanol–water partition coefficient (Wildman–Crippen LogP) is 3.98. The van der Waals surface area contributed by atoms with E-state index in [-0.39, 0.29) is 17.9 Å². The van der Waals surface area contributed by atoms with E-state index in [1.807, 2.05) is 13.8 Å². The maximum absolute atomic E-state index is 12.5. The van der Waals surface area contributed by atoms with E-state index in [1.165, 1.54) is 0 Å². The topological polar surface area (TPSA) is 67.9 Å². The molecule has 1 aliphatic rings. The average molecular weight is 396 g/mol. The summed E-state index contributed by atoms with van der Waals surface area (Å²) in [5.41, 5.74) is 1.79. The first-order valence-electron chi connectivity index (χ1n) is 10.2. The van der Waals surface area contributed by atoms with Crippen LogP contribution in [0.15, 0.2) is 48.5 Å². The Morgan fingerprint density at radius 1 is 1.03 bits per heavy atom. The Balaban J connectivity index is 1.54. The van der Waals surface area contributed by atoms with E-state index in [0.29, 0.717) is 36.5 Å². The minimum atomic E-state index is -0.210. The van der Waals surface area contributed by atoms with Gasteiger partial charge >= 0.3 is 0 Å². The minimum absolute atomic E-state index is 0.00790. The lowest BCUT2D eigenvalue weighted by molar-refractivity contribution is 0.0679. The lowest BCUT2D eigenvalue weighted by atomic mass is 10.1. The molecule has 0 aromatic heterocycles. The van der Waals surface area contributed by atoms with Crippen LogP contribution >= 0.6 is 0 Å². The summed E-state index contributed by atoms with van der Waals surface area (Å²) in [5, 5.41) is 2.85. The van der Waals surface area contributed by atoms with Crippen molar-refractivity contribution in [1.82, 2.24) is 4.90 Å². The monoisotopic (exact) mass is 396 g/mol. The SMILES string of the molecule is CCN(CC)C(=O)c1ccc(NC(=O)c2ccc(OC[C@@H]3CCCO3)cc2)cc1. The molecule has 3 rings (SSSR count). The van der Waals surface area contributed by atoms with Crippen molar-refractivity contribution in [2.75, 3.05) is 31.6 Å². The van der Waals surface area contributed by atoms with Crippen molar-refractivity contribution in [2.45, 2.75) is 32.8 Å². The second-order valence-electron chi connectivity index (χ2n) is 6.98. The summed E-state index contributed by atoms with van der Waals surface area (Å²) >= 11 is 0. The van der Waals surface area contributed by atoms with E-state index in [1.54, 1.807) is 53.4 Å². The highest BCUT2D eigenvalue weighted by Gasteiger charge is 2.16. The van der Waals surface area contributed by atoms with Gasteiger partial charge in [0, 0.05) is 36.5 Å². The maximum atomic E-state index is 12.5. The number of hydrogen-bond acceptors (Lipinski definition) is 4. The third-order valence-electron chi connectivity index (χ3n) is 5.02. The van der Waals surface area contributed by atoms with Gasteiger partial charge in [-0.3, -0.25) is 9.59 Å². The number of rotatable bonds is 8. The second kappa shape index (κ2) is 10.1. The molecule has 29 heavy (non-hydrogen) atoms. The fraction of sp³-hybridized carbons (Fsp3) is 0.391. The summed E-state index contributed by atoms with van der Waals surface area (Å²) in [7, 11) is 0. The molecule has 1 fully saturated rings. The summed E-state index contributed by atoms with van der Waals surface area (Å²) in [5.74, 6) is 0.501. The van der Waals surface area contributed by atoms with Crippen LogP contribution in [0.2, 0.25) is 0 Å². The zero-order chi connectivity index (χ0) is 20.6. The number of nitrogens with one attached hydrogen (secondary N) is 1. The van der Waals surface area contributed by atoms with Crippen LogP contribution < -0.4 is 10.1 Å². The van der Waals surface area contributed by atoms with Crippen LogP contribution in [0.1, 0.15) is 47.4 Å². The summed E-state index contributed by atoms with van der Waals surface area (Å²) in [6, 6.07) is 14.0. The first-order valence-corrected chi connectivity index (χ1v) is 10.2. The van der Waals surface area contributed by atoms with Crippen molar-refractivity contribution in [3.05, 3.63) is 59.7 Å². The molecule has 2 aromatic carbocycles. The molecule has 1 atom stereocenters. The normalized spacial score (nSPS) is 15.7. The highest BCUT2D eigenvalue weighted by molar-refractivity contribution is 6.04. The van der Waals surface area contributed by atoms with E-state index in [9.17, 15) is 9.59 Å². The summed E-state index contributed by atoms with van der Waals surface area (Å²) in [6.45, 7) is 6.58. The molecule has 154 valence electrons. The van der Waals surface area contributed by atoms with E-state index in [4.69, 9.17) is 9.47 Å². The molecule has 2 aromatic rings. The van der Waals surface area contributed by atoms with Gasteiger partial charge in [-0.05, 0) is 75.2 Å². The lowest BCUT2D eigenvalue weighted by Crippen LogP contribution is -2.30. The van der Waals surface area contributed by atoms with Gasteiger partial charge in [0.2, 0.25) is 0 Å². The lowest BCUT2D eigenvalue weighted by Gasteiger charge is -2.18. The van der Waals surface area contributed by atoms with E-state index in [2.05, 4.69) is 5.32 Å². The fourth-order valence-electron chi connectivity index (χ4n) is 3.26. The molecule has 0 bridgehead atoms. The van der Waals surface area contributed by atoms with Crippen LogP contribution in [0, 0.1) is 0 Å². The number of carbonyl (C=O) groups is 2. The number of benzene rings is 2. The molecule has 1 saturated heterocycles. The van der Waals surface area contributed by atoms with Crippen LogP contribution in [0.3, 0.4) is 0 Å². The third kappa shape index (κ3) is 5.57. The van der Waals surface area contributed by atoms with Crippen molar-refractivity contribution < 1.29 is 19.1 Å². The smallest absolute Gasteiger partial charge is 0.255 e. The Kier molecular flexibility index (Phi) is 7.25. The van der Waals surface area contributed by atoms with Crippen molar-refractivity contribution in [2.24, 2.45) is 0 Å². The Labute approximate surface area is 171 Å². The Morgan fingerprint density at radius 3 is 2.28 bits per heavy atom. The zero-order valence-electron chi connectivity index (χ0n) is 17.0. The standard InChI is InChI=1S/C23H28N2O4/c1-3-25(4-2)23(27)18-7-11-19(12-8-18)24-22(26)17-9-13-20(14-10-17)29-16-21-6-5-15-28-21/h7-14,21H,3-6,15-16H2,1-2H3,(H,24,26)/t21-/m0/s1. The van der Waals surface area contributed by atoms with Gasteiger partial charge < -0.3 is 19.7 Å². The quantitative estimate of drug-likeness (QED) is 0.733. The van der Waals surface area contributed by atoms with Crippen LogP contribution in [0.5, 0.6) is 5.75 Å². The van der Waals surface area contributed by atoms with E-state index in [0.717, 1.165) is 25.2 Å². The van der Waals surface area contributed by atoms with Gasteiger partial charge in [0.05, 0.1) is 6.10 Å². The van der Waals surface area contributed by atoms with Crippen molar-refractivity contribution in [1.29, 1.82) is 0 Å². The van der Waals surface area contributed by atoms with Crippen molar-refractivity contribution >= 4 is 17.5 Å². The van der Waals surface area contributed by atoms with Gasteiger partial charge in [-0.25, -0.2) is 0 Å². The fourth-order valence-corrected chi connectivity index (χ4v) is 3.26. The summed E-state index contributed by atoms with van der Waals surface area (Å²) in [6.07, 6.45) is 2.27. The maximum Gasteiger partial charge on any atom is 0.255 e. The van der Waals surface area contributed by atoms with Crippen LogP contribution in [-0.4, -0.2) is 49.1 Å². The highest BCUT2D eigenvalue weighted by atomic mass is 16.5. The number of carbonyl (C=O) groups excluding carboxylic acids is 2. The number of ether oxygens (including phenoxy) is 2. The predicted molar refractivity (Wildman–Crippen MR) is 113 cm³/mol. The van der Waals surface area contributed by atoms with Crippen molar-refractivity contribution in [3.63, 3.8) is 0 Å². The van der Waals surface area contributed by atoms with Crippen LogP contribution in [0.25, 0.3) is 0 Å². The van der Waals surface area contributed by atoms with E-state index < -0.39 is 0 Å². The highest BCUT2D eigenvalue weighted by Crippen LogP contribution is 2.18. The molecule has 0 radical (unpaired) electrons. The summed E-state index contributed by atoms with van der Waals surface area (Å²) in [4.78, 5) is 26.6. The van der Waals surface area contributed by atoms with Crippen LogP contribution in [0.4, 0.5) is 5.69 Å². The zero-order valence-corrected chi connectivity index (χ0v) is 17.0. The van der Waals surface area contributed by atoms with Gasteiger partial charge in [0.25, 0.3) is 11.8 Å². The average Bonchev–Trinajstić information content (AvgIpc) is 3.27. The molecule has 2 amide bonds. The first-order chi connectivity index (χ1) is 14.1. The van der Waals surface area contributed by atoms with Gasteiger partial charge in [-0.2, -0.15) is 0 Å². The molecular formula is C23H28N2O4. The Hall–Kier alpha value is -2.86. The number of amides is 2. The molecule has 1 aliphatic heterocycles. The number of anilines is 1.